The fourth-order valence-corrected chi connectivity index (χ4v) is 0.381. The summed E-state index contributed by atoms with van der Waals surface area (Å²) in [5.74, 6) is 0. The average Bonchev–Trinajstić information content (AvgIpc) is 2.64. The summed E-state index contributed by atoms with van der Waals surface area (Å²) in [6.45, 7) is 0. The van der Waals surface area contributed by atoms with E-state index in [0.717, 1.165) is 0 Å². The van der Waals surface area contributed by atoms with E-state index < -0.39 is 0 Å². The summed E-state index contributed by atoms with van der Waals surface area (Å²) in [5, 5.41) is 13.5. The SMILES string of the molecule is c1cnnnc1.c1cnoc1. The summed E-state index contributed by atoms with van der Waals surface area (Å²) in [6, 6.07) is 3.44. The molecule has 0 aliphatic heterocycles. The Morgan fingerprint density at radius 1 is 0.909 bits per heavy atom. The molecule has 5 nitrogen and oxygen atoms in total. The molecule has 0 saturated carbocycles. The van der Waals surface area contributed by atoms with Crippen LogP contribution in [-0.2, 0) is 0 Å². The van der Waals surface area contributed by atoms with E-state index in [-0.39, 0.29) is 0 Å². The lowest BCUT2D eigenvalue weighted by atomic mass is 10.7. The molecule has 0 radical (unpaired) electrons. The Morgan fingerprint density at radius 3 is 1.91 bits per heavy atom. The third-order valence-electron chi connectivity index (χ3n) is 0.756. The van der Waals surface area contributed by atoms with Crippen molar-refractivity contribution in [1.29, 1.82) is 0 Å². The molecule has 5 heteroatoms. The van der Waals surface area contributed by atoms with Crippen LogP contribution in [0.15, 0.2) is 41.5 Å². The first-order valence-corrected chi connectivity index (χ1v) is 2.93. The van der Waals surface area contributed by atoms with Crippen LogP contribution >= 0.6 is 0 Å². The van der Waals surface area contributed by atoms with Crippen molar-refractivity contribution in [2.45, 2.75) is 0 Å². The summed E-state index contributed by atoms with van der Waals surface area (Å²) in [5.41, 5.74) is 0. The van der Waals surface area contributed by atoms with Gasteiger partial charge in [-0.15, -0.1) is 10.2 Å². The molecule has 0 atom stereocenters. The van der Waals surface area contributed by atoms with Gasteiger partial charge < -0.3 is 4.52 Å². The van der Waals surface area contributed by atoms with E-state index in [9.17, 15) is 0 Å². The van der Waals surface area contributed by atoms with Gasteiger partial charge in [0.1, 0.15) is 6.26 Å². The highest BCUT2D eigenvalue weighted by atomic mass is 16.5. The van der Waals surface area contributed by atoms with Crippen LogP contribution in [0.2, 0.25) is 0 Å². The van der Waals surface area contributed by atoms with Gasteiger partial charge in [-0.25, -0.2) is 0 Å². The number of hydrogen-bond acceptors (Lipinski definition) is 5. The highest BCUT2D eigenvalue weighted by molar-refractivity contribution is 4.69. The molecule has 0 N–H and O–H groups in total. The second kappa shape index (κ2) is 5.04. The Labute approximate surface area is 63.1 Å². The van der Waals surface area contributed by atoms with E-state index in [0.29, 0.717) is 0 Å². The Bertz CT molecular complexity index is 200. The normalized spacial score (nSPS) is 8.00. The minimum absolute atomic E-state index is 1.51. The van der Waals surface area contributed by atoms with Gasteiger partial charge >= 0.3 is 0 Å². The van der Waals surface area contributed by atoms with Crippen molar-refractivity contribution in [2.24, 2.45) is 0 Å². The van der Waals surface area contributed by atoms with Crippen LogP contribution in [0.25, 0.3) is 0 Å². The molecule has 0 unspecified atom stereocenters. The lowest BCUT2D eigenvalue weighted by molar-refractivity contribution is 0.420. The van der Waals surface area contributed by atoms with Crippen LogP contribution in [0.4, 0.5) is 0 Å². The quantitative estimate of drug-likeness (QED) is 0.548. The highest BCUT2D eigenvalue weighted by Crippen LogP contribution is 1.72. The molecule has 0 fully saturated rings. The van der Waals surface area contributed by atoms with E-state index in [1.807, 2.05) is 0 Å². The molecule has 0 amide bonds. The molecule has 2 rings (SSSR count). The van der Waals surface area contributed by atoms with Crippen molar-refractivity contribution < 1.29 is 4.52 Å². The Morgan fingerprint density at radius 2 is 1.73 bits per heavy atom. The molecular formula is C6H6N4O. The molecule has 56 valence electrons. The predicted molar refractivity (Wildman–Crippen MR) is 36.3 cm³/mol. The van der Waals surface area contributed by atoms with Crippen LogP contribution < -0.4 is 0 Å². The number of hydrogen-bond donors (Lipinski definition) is 0. The zero-order valence-corrected chi connectivity index (χ0v) is 5.66. The monoisotopic (exact) mass is 150 g/mol. The first-order chi connectivity index (χ1) is 5.50. The van der Waals surface area contributed by atoms with Gasteiger partial charge in [0.05, 0.1) is 18.6 Å². The summed E-state index contributed by atoms with van der Waals surface area (Å²) in [6.07, 6.45) is 6.25. The second-order valence-corrected chi connectivity index (χ2v) is 1.50. The molecule has 11 heavy (non-hydrogen) atoms. The standard InChI is InChI=1S/C3H3N3.C3H3NO/c1-2-4-6-5-3-1;1-2-4-5-3-1/h1-3H;1-3H. The minimum Gasteiger partial charge on any atom is -0.365 e. The van der Waals surface area contributed by atoms with Crippen LogP contribution in [0.3, 0.4) is 0 Å². The van der Waals surface area contributed by atoms with Gasteiger partial charge in [0.2, 0.25) is 0 Å². The first kappa shape index (κ1) is 7.33. The van der Waals surface area contributed by atoms with E-state index in [1.54, 1.807) is 30.7 Å². The number of aromatic nitrogens is 4. The molecule has 0 aliphatic carbocycles. The molecule has 0 spiro atoms. The largest absolute Gasteiger partial charge is 0.365 e. The lowest BCUT2D eigenvalue weighted by Gasteiger charge is -1.68. The Kier molecular flexibility index (Phi) is 3.36. The average molecular weight is 150 g/mol. The fourth-order valence-electron chi connectivity index (χ4n) is 0.381. The van der Waals surface area contributed by atoms with Crippen molar-refractivity contribution in [3.05, 3.63) is 37.0 Å². The third kappa shape index (κ3) is 3.74. The zero-order valence-electron chi connectivity index (χ0n) is 5.66. The van der Waals surface area contributed by atoms with Gasteiger partial charge in [-0.2, -0.15) is 0 Å². The fraction of sp³-hybridized carbons (Fsp3) is 0. The van der Waals surface area contributed by atoms with Gasteiger partial charge in [0, 0.05) is 0 Å². The zero-order chi connectivity index (χ0) is 7.78. The number of rotatable bonds is 0. The molecule has 0 aliphatic rings. The summed E-state index contributed by atoms with van der Waals surface area (Å²) >= 11 is 0. The maximum absolute atomic E-state index is 4.33. The Hall–Kier alpha value is -1.78. The van der Waals surface area contributed by atoms with Gasteiger partial charge in [0.25, 0.3) is 0 Å². The smallest absolute Gasteiger partial charge is 0.123 e. The van der Waals surface area contributed by atoms with Crippen molar-refractivity contribution in [2.75, 3.05) is 0 Å². The topological polar surface area (TPSA) is 64.7 Å². The molecule has 2 aromatic rings. The van der Waals surface area contributed by atoms with Gasteiger partial charge in [-0.3, -0.25) is 0 Å². The summed E-state index contributed by atoms with van der Waals surface area (Å²) in [7, 11) is 0. The van der Waals surface area contributed by atoms with Gasteiger partial charge in [-0.05, 0) is 17.3 Å². The molecular weight excluding hydrogens is 144 g/mol. The second-order valence-electron chi connectivity index (χ2n) is 1.50. The van der Waals surface area contributed by atoms with Crippen LogP contribution in [0.1, 0.15) is 0 Å². The van der Waals surface area contributed by atoms with Gasteiger partial charge in [0.15, 0.2) is 0 Å². The molecule has 0 bridgehead atoms. The van der Waals surface area contributed by atoms with Gasteiger partial charge in [-0.1, -0.05) is 5.16 Å². The van der Waals surface area contributed by atoms with E-state index in [2.05, 4.69) is 25.1 Å². The summed E-state index contributed by atoms with van der Waals surface area (Å²) in [4.78, 5) is 0. The van der Waals surface area contributed by atoms with Crippen molar-refractivity contribution in [3.8, 4) is 0 Å². The van der Waals surface area contributed by atoms with Crippen LogP contribution in [-0.4, -0.2) is 20.6 Å². The molecule has 0 aromatic carbocycles. The highest BCUT2D eigenvalue weighted by Gasteiger charge is 1.61. The maximum atomic E-state index is 4.33. The molecule has 2 aromatic heterocycles. The first-order valence-electron chi connectivity index (χ1n) is 2.93. The third-order valence-corrected chi connectivity index (χ3v) is 0.756. The summed E-state index contributed by atoms with van der Waals surface area (Å²) < 4.78 is 4.33. The minimum atomic E-state index is 1.51. The van der Waals surface area contributed by atoms with Crippen LogP contribution in [0, 0.1) is 0 Å². The lowest BCUT2D eigenvalue weighted by Crippen LogP contribution is -1.78. The number of nitrogens with zero attached hydrogens (tertiary/aromatic N) is 4. The van der Waals surface area contributed by atoms with Crippen molar-refractivity contribution in [1.82, 2.24) is 20.6 Å². The van der Waals surface area contributed by atoms with Crippen molar-refractivity contribution >= 4 is 0 Å². The Balaban J connectivity index is 0.000000112. The maximum Gasteiger partial charge on any atom is 0.123 e. The van der Waals surface area contributed by atoms with Crippen LogP contribution in [0.5, 0.6) is 0 Å². The van der Waals surface area contributed by atoms with E-state index in [1.165, 1.54) is 6.26 Å². The van der Waals surface area contributed by atoms with E-state index in [4.69, 9.17) is 0 Å². The predicted octanol–water partition coefficient (Wildman–Crippen LogP) is 0.546. The molecule has 2 heterocycles. The molecule has 0 saturated heterocycles. The van der Waals surface area contributed by atoms with Crippen molar-refractivity contribution in [3.63, 3.8) is 0 Å². The van der Waals surface area contributed by atoms with E-state index >= 15 is 0 Å².